The Hall–Kier alpha value is -0.560. The van der Waals surface area contributed by atoms with E-state index in [1.165, 1.54) is 6.07 Å². The first-order valence-electron chi connectivity index (χ1n) is 4.19. The standard InChI is InChI=1S/C9H7Br2F2NO2/c10-3-5-1-4(2-6(15)16)7(9(12)13)14-8(5)11/h1,9H,2-3H2,(H,15,16). The van der Waals surface area contributed by atoms with E-state index in [1.807, 2.05) is 0 Å². The van der Waals surface area contributed by atoms with Crippen LogP contribution in [-0.2, 0) is 16.5 Å². The van der Waals surface area contributed by atoms with Crippen molar-refractivity contribution < 1.29 is 18.7 Å². The van der Waals surface area contributed by atoms with E-state index < -0.39 is 24.5 Å². The number of carboxylic acids is 1. The van der Waals surface area contributed by atoms with Gasteiger partial charge >= 0.3 is 5.97 Å². The summed E-state index contributed by atoms with van der Waals surface area (Å²) in [5.41, 5.74) is 0.194. The maximum atomic E-state index is 12.6. The minimum Gasteiger partial charge on any atom is -0.481 e. The quantitative estimate of drug-likeness (QED) is 0.663. The normalized spacial score (nSPS) is 10.8. The fraction of sp³-hybridized carbons (Fsp3) is 0.333. The van der Waals surface area contributed by atoms with Gasteiger partial charge in [-0.3, -0.25) is 4.79 Å². The lowest BCUT2D eigenvalue weighted by Crippen LogP contribution is -2.07. The molecule has 0 amide bonds. The monoisotopic (exact) mass is 357 g/mol. The fourth-order valence-electron chi connectivity index (χ4n) is 1.18. The first kappa shape index (κ1) is 13.5. The van der Waals surface area contributed by atoms with Gasteiger partial charge < -0.3 is 5.11 Å². The lowest BCUT2D eigenvalue weighted by atomic mass is 10.1. The summed E-state index contributed by atoms with van der Waals surface area (Å²) < 4.78 is 25.5. The third-order valence-electron chi connectivity index (χ3n) is 1.85. The molecule has 0 saturated heterocycles. The molecule has 16 heavy (non-hydrogen) atoms. The Kier molecular flexibility index (Phi) is 4.79. The number of hydrogen-bond acceptors (Lipinski definition) is 2. The maximum absolute atomic E-state index is 12.6. The fourth-order valence-corrected chi connectivity index (χ4v) is 2.43. The van der Waals surface area contributed by atoms with Gasteiger partial charge in [0.1, 0.15) is 10.3 Å². The van der Waals surface area contributed by atoms with Crippen LogP contribution in [0, 0.1) is 0 Å². The Labute approximate surface area is 107 Å². The van der Waals surface area contributed by atoms with Gasteiger partial charge in [-0.1, -0.05) is 15.9 Å². The van der Waals surface area contributed by atoms with Gasteiger partial charge in [0.05, 0.1) is 6.42 Å². The molecule has 3 nitrogen and oxygen atoms in total. The Bertz CT molecular complexity index is 413. The summed E-state index contributed by atoms with van der Waals surface area (Å²) in [5.74, 6) is -1.16. The topological polar surface area (TPSA) is 50.2 Å². The smallest absolute Gasteiger partial charge is 0.307 e. The van der Waals surface area contributed by atoms with E-state index >= 15 is 0 Å². The van der Waals surface area contributed by atoms with Crippen molar-refractivity contribution in [1.29, 1.82) is 0 Å². The molecular weight excluding hydrogens is 352 g/mol. The number of aromatic nitrogens is 1. The van der Waals surface area contributed by atoms with Crippen LogP contribution in [0.15, 0.2) is 10.7 Å². The molecule has 1 heterocycles. The Morgan fingerprint density at radius 3 is 2.56 bits per heavy atom. The SMILES string of the molecule is O=C(O)Cc1cc(CBr)c(Br)nc1C(F)F. The van der Waals surface area contributed by atoms with Gasteiger partial charge in [-0.15, -0.1) is 0 Å². The predicted molar refractivity (Wildman–Crippen MR) is 60.9 cm³/mol. The van der Waals surface area contributed by atoms with Crippen molar-refractivity contribution >= 4 is 37.8 Å². The van der Waals surface area contributed by atoms with Gasteiger partial charge in [-0.25, -0.2) is 13.8 Å². The molecule has 7 heteroatoms. The Morgan fingerprint density at radius 2 is 2.12 bits per heavy atom. The van der Waals surface area contributed by atoms with Crippen LogP contribution in [0.4, 0.5) is 8.78 Å². The second kappa shape index (κ2) is 5.67. The largest absolute Gasteiger partial charge is 0.481 e. The number of alkyl halides is 3. The van der Waals surface area contributed by atoms with Crippen LogP contribution in [-0.4, -0.2) is 16.1 Å². The highest BCUT2D eigenvalue weighted by Gasteiger charge is 2.19. The van der Waals surface area contributed by atoms with Gasteiger partial charge in [0.2, 0.25) is 0 Å². The number of carboxylic acid groups (broad SMARTS) is 1. The van der Waals surface area contributed by atoms with Crippen LogP contribution < -0.4 is 0 Å². The van der Waals surface area contributed by atoms with Gasteiger partial charge in [0, 0.05) is 5.33 Å². The van der Waals surface area contributed by atoms with Crippen LogP contribution in [0.25, 0.3) is 0 Å². The number of nitrogens with zero attached hydrogens (tertiary/aromatic N) is 1. The molecule has 0 bridgehead atoms. The molecule has 1 N–H and O–H groups in total. The van der Waals surface area contributed by atoms with E-state index in [0.29, 0.717) is 15.5 Å². The van der Waals surface area contributed by atoms with Crippen molar-refractivity contribution in [1.82, 2.24) is 4.98 Å². The summed E-state index contributed by atoms with van der Waals surface area (Å²) >= 11 is 6.22. The van der Waals surface area contributed by atoms with Crippen LogP contribution >= 0.6 is 31.9 Å². The van der Waals surface area contributed by atoms with Gasteiger partial charge in [0.25, 0.3) is 6.43 Å². The van der Waals surface area contributed by atoms with Crippen LogP contribution in [0.3, 0.4) is 0 Å². The number of pyridine rings is 1. The number of carbonyl (C=O) groups is 1. The molecule has 88 valence electrons. The molecule has 0 aliphatic carbocycles. The lowest BCUT2D eigenvalue weighted by Gasteiger charge is -2.09. The average molecular weight is 359 g/mol. The van der Waals surface area contributed by atoms with Gasteiger partial charge in [0.15, 0.2) is 0 Å². The van der Waals surface area contributed by atoms with E-state index in [-0.39, 0.29) is 5.56 Å². The molecule has 0 unspecified atom stereocenters. The lowest BCUT2D eigenvalue weighted by molar-refractivity contribution is -0.136. The zero-order valence-electron chi connectivity index (χ0n) is 7.88. The third kappa shape index (κ3) is 3.21. The van der Waals surface area contributed by atoms with Crippen molar-refractivity contribution in [2.24, 2.45) is 0 Å². The second-order valence-electron chi connectivity index (χ2n) is 2.99. The summed E-state index contributed by atoms with van der Waals surface area (Å²) in [6, 6.07) is 1.42. The third-order valence-corrected chi connectivity index (χ3v) is 3.14. The second-order valence-corrected chi connectivity index (χ2v) is 4.30. The first-order valence-corrected chi connectivity index (χ1v) is 6.11. The van der Waals surface area contributed by atoms with E-state index in [4.69, 9.17) is 5.11 Å². The molecule has 1 aromatic rings. The van der Waals surface area contributed by atoms with E-state index in [9.17, 15) is 13.6 Å². The summed E-state index contributed by atoms with van der Waals surface area (Å²) in [5, 5.41) is 9.02. The van der Waals surface area contributed by atoms with E-state index in [2.05, 4.69) is 36.8 Å². The molecule has 0 fully saturated rings. The molecule has 1 aromatic heterocycles. The number of aliphatic carboxylic acids is 1. The minimum atomic E-state index is -2.78. The molecule has 0 radical (unpaired) electrons. The zero-order chi connectivity index (χ0) is 12.3. The minimum absolute atomic E-state index is 0.0418. The van der Waals surface area contributed by atoms with Crippen LogP contribution in [0.2, 0.25) is 0 Å². The van der Waals surface area contributed by atoms with Crippen LogP contribution in [0.1, 0.15) is 23.2 Å². The number of rotatable bonds is 4. The van der Waals surface area contributed by atoms with Crippen molar-refractivity contribution in [2.45, 2.75) is 18.2 Å². The van der Waals surface area contributed by atoms with Crippen molar-refractivity contribution in [2.75, 3.05) is 0 Å². The molecule has 0 aromatic carbocycles. The van der Waals surface area contributed by atoms with Crippen molar-refractivity contribution in [3.63, 3.8) is 0 Å². The molecule has 0 aliphatic rings. The molecule has 0 spiro atoms. The number of hydrogen-bond donors (Lipinski definition) is 1. The average Bonchev–Trinajstić information content (AvgIpc) is 2.19. The Morgan fingerprint density at radius 1 is 1.50 bits per heavy atom. The molecular formula is C9H7Br2F2NO2. The zero-order valence-corrected chi connectivity index (χ0v) is 11.1. The highest BCUT2D eigenvalue weighted by atomic mass is 79.9. The summed E-state index contributed by atoms with van der Waals surface area (Å²) in [4.78, 5) is 14.2. The summed E-state index contributed by atoms with van der Waals surface area (Å²) in [6.07, 6.45) is -3.24. The first-order chi connectivity index (χ1) is 7.45. The predicted octanol–water partition coefficient (Wildman–Crippen LogP) is 3.30. The molecule has 0 saturated carbocycles. The summed E-state index contributed by atoms with van der Waals surface area (Å²) in [6.45, 7) is 0. The maximum Gasteiger partial charge on any atom is 0.307 e. The van der Waals surface area contributed by atoms with Crippen molar-refractivity contribution in [3.8, 4) is 0 Å². The van der Waals surface area contributed by atoms with Crippen LogP contribution in [0.5, 0.6) is 0 Å². The van der Waals surface area contributed by atoms with Crippen molar-refractivity contribution in [3.05, 3.63) is 27.5 Å². The number of halogens is 4. The molecule has 0 aliphatic heterocycles. The van der Waals surface area contributed by atoms with E-state index in [1.54, 1.807) is 0 Å². The Balaban J connectivity index is 3.24. The van der Waals surface area contributed by atoms with Gasteiger partial charge in [-0.2, -0.15) is 0 Å². The van der Waals surface area contributed by atoms with E-state index in [0.717, 1.165) is 0 Å². The highest BCUT2D eigenvalue weighted by molar-refractivity contribution is 9.10. The van der Waals surface area contributed by atoms with Gasteiger partial charge in [-0.05, 0) is 33.1 Å². The molecule has 1 rings (SSSR count). The highest BCUT2D eigenvalue weighted by Crippen LogP contribution is 2.27. The molecule has 0 atom stereocenters. The summed E-state index contributed by atoms with van der Waals surface area (Å²) in [7, 11) is 0.